The van der Waals surface area contributed by atoms with E-state index in [-0.39, 0.29) is 0 Å². The highest BCUT2D eigenvalue weighted by Crippen LogP contribution is 2.40. The van der Waals surface area contributed by atoms with Crippen molar-refractivity contribution in [3.63, 3.8) is 0 Å². The summed E-state index contributed by atoms with van der Waals surface area (Å²) >= 11 is 0. The number of ether oxygens (including phenoxy) is 2. The standard InChI is InChI=1S/C34H44N2O3/c1-3-17-36(25-26-7-13-31(14-8-26)39-21-20-35-18-5-4-6-19-35)34-24-32(38-2)15-16-33(34)29-10-9-28-23-30(37)12-11-27(28)22-29/h7-8,11-16,23-24,29,37H,3-6,9-10,17-22,25H2,1-2H3. The molecule has 0 bridgehead atoms. The summed E-state index contributed by atoms with van der Waals surface area (Å²) in [7, 11) is 1.75. The highest BCUT2D eigenvalue weighted by Gasteiger charge is 2.25. The molecule has 1 saturated heterocycles. The fourth-order valence-corrected chi connectivity index (χ4v) is 6.22. The van der Waals surface area contributed by atoms with Crippen molar-refractivity contribution in [3.05, 3.63) is 82.9 Å². The number of hydrogen-bond donors (Lipinski definition) is 1. The SMILES string of the molecule is CCCN(Cc1ccc(OCCN2CCCCC2)cc1)c1cc(OC)ccc1C1CCc2cc(O)ccc2C1. The molecule has 0 amide bonds. The van der Waals surface area contributed by atoms with Crippen molar-refractivity contribution in [2.45, 2.75) is 64.3 Å². The van der Waals surface area contributed by atoms with Crippen LogP contribution in [0.1, 0.15) is 67.2 Å². The minimum Gasteiger partial charge on any atom is -0.508 e. The monoisotopic (exact) mass is 528 g/mol. The van der Waals surface area contributed by atoms with Crippen LogP contribution in [-0.4, -0.2) is 49.9 Å². The van der Waals surface area contributed by atoms with Crippen LogP contribution in [0.2, 0.25) is 0 Å². The molecule has 0 saturated carbocycles. The molecule has 5 heteroatoms. The number of aromatic hydroxyl groups is 1. The third-order valence-corrected chi connectivity index (χ3v) is 8.35. The number of methoxy groups -OCH3 is 1. The number of likely N-dealkylation sites (tertiary alicyclic amines) is 1. The Kier molecular flexibility index (Phi) is 9.31. The van der Waals surface area contributed by atoms with Gasteiger partial charge in [0.1, 0.15) is 23.9 Å². The molecule has 2 aliphatic rings. The van der Waals surface area contributed by atoms with Crippen molar-refractivity contribution in [2.75, 3.05) is 44.8 Å². The van der Waals surface area contributed by atoms with Gasteiger partial charge in [-0.15, -0.1) is 0 Å². The average Bonchev–Trinajstić information content (AvgIpc) is 2.98. The van der Waals surface area contributed by atoms with Crippen LogP contribution < -0.4 is 14.4 Å². The van der Waals surface area contributed by atoms with Gasteiger partial charge in [-0.1, -0.05) is 37.6 Å². The van der Waals surface area contributed by atoms with Gasteiger partial charge in [-0.2, -0.15) is 0 Å². The molecule has 5 nitrogen and oxygen atoms in total. The normalized spacial score (nSPS) is 17.4. The molecular formula is C34H44N2O3. The lowest BCUT2D eigenvalue weighted by molar-refractivity contribution is 0.183. The van der Waals surface area contributed by atoms with Gasteiger partial charge in [-0.25, -0.2) is 0 Å². The number of phenolic OH excluding ortho intramolecular Hbond substituents is 1. The molecule has 1 unspecified atom stereocenters. The van der Waals surface area contributed by atoms with Crippen LogP contribution >= 0.6 is 0 Å². The maximum Gasteiger partial charge on any atom is 0.120 e. The predicted molar refractivity (Wildman–Crippen MR) is 159 cm³/mol. The summed E-state index contributed by atoms with van der Waals surface area (Å²) in [6, 6.07) is 21.1. The summed E-state index contributed by atoms with van der Waals surface area (Å²) in [6.45, 7) is 8.24. The number of nitrogens with zero attached hydrogens (tertiary/aromatic N) is 2. The van der Waals surface area contributed by atoms with Crippen LogP contribution in [0.25, 0.3) is 0 Å². The van der Waals surface area contributed by atoms with E-state index in [0.717, 1.165) is 63.4 Å². The molecule has 0 radical (unpaired) electrons. The fraction of sp³-hybridized carbons (Fsp3) is 0.471. The molecular weight excluding hydrogens is 484 g/mol. The van der Waals surface area contributed by atoms with Crippen LogP contribution in [0.4, 0.5) is 5.69 Å². The van der Waals surface area contributed by atoms with Crippen LogP contribution in [0.3, 0.4) is 0 Å². The average molecular weight is 529 g/mol. The topological polar surface area (TPSA) is 45.2 Å². The Morgan fingerprint density at radius 3 is 2.49 bits per heavy atom. The van der Waals surface area contributed by atoms with Gasteiger partial charge < -0.3 is 19.5 Å². The van der Waals surface area contributed by atoms with Gasteiger partial charge >= 0.3 is 0 Å². The molecule has 1 N–H and O–H groups in total. The number of fused-ring (bicyclic) bond motifs is 1. The first-order valence-electron chi connectivity index (χ1n) is 14.8. The quantitative estimate of drug-likeness (QED) is 0.292. The molecule has 5 rings (SSSR count). The zero-order valence-corrected chi connectivity index (χ0v) is 23.7. The lowest BCUT2D eigenvalue weighted by Gasteiger charge is -2.32. The second kappa shape index (κ2) is 13.3. The number of aryl methyl sites for hydroxylation is 1. The van der Waals surface area contributed by atoms with Crippen LogP contribution in [0, 0.1) is 0 Å². The van der Waals surface area contributed by atoms with Crippen LogP contribution in [0.15, 0.2) is 60.7 Å². The van der Waals surface area contributed by atoms with Gasteiger partial charge in [-0.3, -0.25) is 4.90 Å². The third-order valence-electron chi connectivity index (χ3n) is 8.35. The summed E-state index contributed by atoms with van der Waals surface area (Å²) in [6.07, 6.45) is 8.14. The van der Waals surface area contributed by atoms with Gasteiger partial charge in [0.2, 0.25) is 0 Å². The second-order valence-corrected chi connectivity index (χ2v) is 11.1. The van der Waals surface area contributed by atoms with Crippen molar-refractivity contribution in [1.29, 1.82) is 0 Å². The number of rotatable bonds is 11. The van der Waals surface area contributed by atoms with Crippen molar-refractivity contribution in [2.24, 2.45) is 0 Å². The molecule has 1 fully saturated rings. The van der Waals surface area contributed by atoms with Crippen molar-refractivity contribution in [1.82, 2.24) is 4.90 Å². The first kappa shape index (κ1) is 27.4. The van der Waals surface area contributed by atoms with E-state index in [1.54, 1.807) is 7.11 Å². The molecule has 3 aromatic rings. The van der Waals surface area contributed by atoms with E-state index in [9.17, 15) is 5.11 Å². The molecule has 1 aliphatic heterocycles. The Balaban J connectivity index is 1.29. The fourth-order valence-electron chi connectivity index (χ4n) is 6.22. The Labute approximate surface area is 234 Å². The number of benzene rings is 3. The molecule has 1 heterocycles. The van der Waals surface area contributed by atoms with E-state index in [4.69, 9.17) is 9.47 Å². The van der Waals surface area contributed by atoms with E-state index in [2.05, 4.69) is 65.3 Å². The van der Waals surface area contributed by atoms with E-state index >= 15 is 0 Å². The minimum absolute atomic E-state index is 0.366. The van der Waals surface area contributed by atoms with Crippen molar-refractivity contribution < 1.29 is 14.6 Å². The molecule has 3 aromatic carbocycles. The predicted octanol–water partition coefficient (Wildman–Crippen LogP) is 6.95. The highest BCUT2D eigenvalue weighted by atomic mass is 16.5. The lowest BCUT2D eigenvalue weighted by Crippen LogP contribution is -2.33. The Bertz CT molecular complexity index is 1200. The maximum atomic E-state index is 9.93. The highest BCUT2D eigenvalue weighted by molar-refractivity contribution is 5.60. The summed E-state index contributed by atoms with van der Waals surface area (Å²) in [4.78, 5) is 5.03. The molecule has 1 atom stereocenters. The zero-order chi connectivity index (χ0) is 27.0. The van der Waals surface area contributed by atoms with Gasteiger partial charge in [0.15, 0.2) is 0 Å². The Morgan fingerprint density at radius 1 is 0.923 bits per heavy atom. The smallest absolute Gasteiger partial charge is 0.120 e. The number of phenols is 1. The first-order valence-corrected chi connectivity index (χ1v) is 14.8. The Hall–Kier alpha value is -3.18. The van der Waals surface area contributed by atoms with Crippen molar-refractivity contribution >= 4 is 5.69 Å². The van der Waals surface area contributed by atoms with E-state index in [0.29, 0.717) is 11.7 Å². The van der Waals surface area contributed by atoms with Crippen LogP contribution in [-0.2, 0) is 19.4 Å². The molecule has 0 spiro atoms. The Morgan fingerprint density at radius 2 is 1.72 bits per heavy atom. The summed E-state index contributed by atoms with van der Waals surface area (Å²) < 4.78 is 11.7. The summed E-state index contributed by atoms with van der Waals surface area (Å²) in [5.41, 5.74) is 6.57. The molecule has 208 valence electrons. The van der Waals surface area contributed by atoms with Gasteiger partial charge in [0, 0.05) is 31.4 Å². The van der Waals surface area contributed by atoms with Gasteiger partial charge in [0.25, 0.3) is 0 Å². The van der Waals surface area contributed by atoms with E-state index in [1.807, 2.05) is 12.1 Å². The van der Waals surface area contributed by atoms with Gasteiger partial charge in [0.05, 0.1) is 7.11 Å². The van der Waals surface area contributed by atoms with Crippen molar-refractivity contribution in [3.8, 4) is 17.2 Å². The number of hydrogen-bond acceptors (Lipinski definition) is 5. The number of anilines is 1. The first-order chi connectivity index (χ1) is 19.1. The second-order valence-electron chi connectivity index (χ2n) is 11.1. The van der Waals surface area contributed by atoms with E-state index < -0.39 is 0 Å². The largest absolute Gasteiger partial charge is 0.508 e. The zero-order valence-electron chi connectivity index (χ0n) is 23.7. The molecule has 1 aliphatic carbocycles. The molecule has 0 aromatic heterocycles. The third kappa shape index (κ3) is 7.07. The summed E-state index contributed by atoms with van der Waals surface area (Å²) in [5.74, 6) is 2.66. The van der Waals surface area contributed by atoms with Crippen LogP contribution in [0.5, 0.6) is 17.2 Å². The maximum absolute atomic E-state index is 9.93. The minimum atomic E-state index is 0.366. The number of piperidine rings is 1. The van der Waals surface area contributed by atoms with Gasteiger partial charge in [-0.05, 0) is 110 Å². The molecule has 39 heavy (non-hydrogen) atoms. The van der Waals surface area contributed by atoms with E-state index in [1.165, 1.54) is 60.3 Å². The lowest BCUT2D eigenvalue weighted by atomic mass is 9.79. The summed E-state index contributed by atoms with van der Waals surface area (Å²) in [5, 5.41) is 9.93.